The Morgan fingerprint density at radius 3 is 2.30 bits per heavy atom. The zero-order valence-electron chi connectivity index (χ0n) is 27.2. The number of rotatable bonds is 6. The van der Waals surface area contributed by atoms with E-state index in [0.29, 0.717) is 76.3 Å². The van der Waals surface area contributed by atoms with Crippen molar-refractivity contribution in [2.75, 3.05) is 64.3 Å². The number of anilines is 1. The van der Waals surface area contributed by atoms with Crippen molar-refractivity contribution in [3.05, 3.63) is 53.6 Å². The van der Waals surface area contributed by atoms with Gasteiger partial charge in [0, 0.05) is 56.9 Å². The summed E-state index contributed by atoms with van der Waals surface area (Å²) in [6, 6.07) is 14.0. The summed E-state index contributed by atoms with van der Waals surface area (Å²) in [5.41, 5.74) is 2.86. The van der Waals surface area contributed by atoms with E-state index in [2.05, 4.69) is 16.3 Å². The Balaban J connectivity index is 0.987. The Morgan fingerprint density at radius 1 is 0.809 bits per heavy atom. The maximum absolute atomic E-state index is 14.0. The summed E-state index contributed by atoms with van der Waals surface area (Å²) in [6.45, 7) is 6.18. The first-order chi connectivity index (χ1) is 23.0. The van der Waals surface area contributed by atoms with E-state index < -0.39 is 12.2 Å². The third-order valence-corrected chi connectivity index (χ3v) is 10.5. The van der Waals surface area contributed by atoms with Gasteiger partial charge in [0.2, 0.25) is 0 Å². The van der Waals surface area contributed by atoms with E-state index in [0.717, 1.165) is 49.2 Å². The predicted octanol–water partition coefficient (Wildman–Crippen LogP) is 4.54. The molecule has 2 aromatic carbocycles. The number of benzene rings is 2. The molecule has 1 atom stereocenters. The highest BCUT2D eigenvalue weighted by molar-refractivity contribution is 5.91. The van der Waals surface area contributed by atoms with Gasteiger partial charge in [0.1, 0.15) is 13.2 Å². The molecule has 5 aliphatic heterocycles. The first kappa shape index (κ1) is 31.6. The number of likely N-dealkylation sites (tertiary alicyclic amines) is 3. The number of fused-ring (bicyclic) bond motifs is 2. The largest absolute Gasteiger partial charge is 0.486 e. The molecule has 252 valence electrons. The summed E-state index contributed by atoms with van der Waals surface area (Å²) < 4.78 is 17.6. The SMILES string of the molecule is O=C(O[C@H](Cc1ccc2c(c1)OCCO2)C(=O)N1CCC(N2CCCCC2)CC1)N1CCC(N2CCc3ccccc3NC2=O)CC1. The summed E-state index contributed by atoms with van der Waals surface area (Å²) in [5.74, 6) is 1.20. The predicted molar refractivity (Wildman–Crippen MR) is 177 cm³/mol. The van der Waals surface area contributed by atoms with Crippen LogP contribution in [0.15, 0.2) is 42.5 Å². The van der Waals surface area contributed by atoms with E-state index >= 15 is 0 Å². The lowest BCUT2D eigenvalue weighted by molar-refractivity contribution is -0.142. The molecule has 11 heteroatoms. The normalized spacial score (nSPS) is 21.8. The van der Waals surface area contributed by atoms with Crippen molar-refractivity contribution in [1.82, 2.24) is 19.6 Å². The summed E-state index contributed by atoms with van der Waals surface area (Å²) in [4.78, 5) is 48.8. The maximum atomic E-state index is 14.0. The van der Waals surface area contributed by atoms with Gasteiger partial charge in [-0.3, -0.25) is 4.79 Å². The molecule has 2 aromatic rings. The maximum Gasteiger partial charge on any atom is 0.410 e. The van der Waals surface area contributed by atoms with Gasteiger partial charge in [0.05, 0.1) is 0 Å². The molecule has 1 N–H and O–H groups in total. The van der Waals surface area contributed by atoms with Crippen molar-refractivity contribution in [2.24, 2.45) is 0 Å². The summed E-state index contributed by atoms with van der Waals surface area (Å²) in [5, 5.41) is 3.06. The number of nitrogens with one attached hydrogen (secondary N) is 1. The molecule has 0 spiro atoms. The molecular formula is C36H47N5O6. The summed E-state index contributed by atoms with van der Waals surface area (Å²) in [6.07, 6.45) is 6.65. The van der Waals surface area contributed by atoms with E-state index in [-0.39, 0.29) is 24.4 Å². The second-order valence-corrected chi connectivity index (χ2v) is 13.5. The number of hydrogen-bond donors (Lipinski definition) is 1. The minimum atomic E-state index is -0.941. The minimum Gasteiger partial charge on any atom is -0.486 e. The van der Waals surface area contributed by atoms with Gasteiger partial charge in [-0.2, -0.15) is 0 Å². The van der Waals surface area contributed by atoms with Crippen LogP contribution in [0, 0.1) is 0 Å². The molecule has 11 nitrogen and oxygen atoms in total. The number of nitrogens with zero attached hydrogens (tertiary/aromatic N) is 4. The van der Waals surface area contributed by atoms with Gasteiger partial charge in [0.25, 0.3) is 5.91 Å². The number of urea groups is 1. The molecule has 0 aliphatic carbocycles. The van der Waals surface area contributed by atoms with Gasteiger partial charge in [0.15, 0.2) is 17.6 Å². The number of para-hydroxylation sites is 1. The number of carbonyl (C=O) groups is 3. The minimum absolute atomic E-state index is 0.0321. The molecule has 0 unspecified atom stereocenters. The van der Waals surface area contributed by atoms with E-state index in [1.165, 1.54) is 19.3 Å². The number of piperidine rings is 3. The van der Waals surface area contributed by atoms with Crippen LogP contribution in [-0.4, -0.2) is 115 Å². The quantitative estimate of drug-likeness (QED) is 0.492. The van der Waals surface area contributed by atoms with Crippen molar-refractivity contribution < 1.29 is 28.6 Å². The molecule has 0 aromatic heterocycles. The van der Waals surface area contributed by atoms with Crippen molar-refractivity contribution >= 4 is 23.7 Å². The average Bonchev–Trinajstić information content (AvgIpc) is 3.29. The Hall–Kier alpha value is -3.99. The Bertz CT molecular complexity index is 1430. The Labute approximate surface area is 277 Å². The van der Waals surface area contributed by atoms with Crippen LogP contribution in [0.5, 0.6) is 11.5 Å². The third-order valence-electron chi connectivity index (χ3n) is 10.5. The van der Waals surface area contributed by atoms with Crippen LogP contribution in [-0.2, 0) is 22.4 Å². The van der Waals surface area contributed by atoms with E-state index in [1.807, 2.05) is 46.2 Å². The van der Waals surface area contributed by atoms with E-state index in [1.54, 1.807) is 4.90 Å². The van der Waals surface area contributed by atoms with E-state index in [9.17, 15) is 14.4 Å². The lowest BCUT2D eigenvalue weighted by Crippen LogP contribution is -2.53. The molecule has 5 aliphatic rings. The fourth-order valence-electron chi connectivity index (χ4n) is 7.84. The van der Waals surface area contributed by atoms with Crippen molar-refractivity contribution in [3.8, 4) is 11.5 Å². The van der Waals surface area contributed by atoms with Gasteiger partial charge in [-0.25, -0.2) is 9.59 Å². The molecule has 0 radical (unpaired) electrons. The number of ether oxygens (including phenoxy) is 3. The van der Waals surface area contributed by atoms with Crippen LogP contribution < -0.4 is 14.8 Å². The summed E-state index contributed by atoms with van der Waals surface area (Å²) >= 11 is 0. The molecule has 0 bridgehead atoms. The first-order valence-electron chi connectivity index (χ1n) is 17.5. The van der Waals surface area contributed by atoms with Gasteiger partial charge >= 0.3 is 12.1 Å². The zero-order valence-corrected chi connectivity index (χ0v) is 27.2. The first-order valence-corrected chi connectivity index (χ1v) is 17.5. The molecule has 47 heavy (non-hydrogen) atoms. The van der Waals surface area contributed by atoms with Crippen LogP contribution in [0.25, 0.3) is 0 Å². The van der Waals surface area contributed by atoms with Crippen molar-refractivity contribution in [3.63, 3.8) is 0 Å². The monoisotopic (exact) mass is 645 g/mol. The van der Waals surface area contributed by atoms with E-state index in [4.69, 9.17) is 14.2 Å². The zero-order chi connectivity index (χ0) is 32.2. The number of carbonyl (C=O) groups excluding carboxylic acids is 3. The van der Waals surface area contributed by atoms with Gasteiger partial charge in [-0.05, 0) is 87.4 Å². The topological polar surface area (TPSA) is 104 Å². The van der Waals surface area contributed by atoms with Crippen LogP contribution in [0.1, 0.15) is 56.1 Å². The molecule has 7 rings (SSSR count). The standard InChI is InChI=1S/C36H47N5O6/c42-34(39-17-11-28(12-18-39)38-15-4-1-5-16-38)33(25-26-8-9-31-32(24-26)46-23-22-45-31)47-36(44)40-19-13-29(14-20-40)41-21-10-27-6-2-3-7-30(27)37-35(41)43/h2-3,6-9,24,28-29,33H,1,4-5,10-23,25H2,(H,37,43)/t33-/m1/s1. The smallest absolute Gasteiger partial charge is 0.410 e. The van der Waals surface area contributed by atoms with Gasteiger partial charge < -0.3 is 39.1 Å². The lowest BCUT2D eigenvalue weighted by atomic mass is 9.98. The molecule has 3 saturated heterocycles. The molecular weight excluding hydrogens is 598 g/mol. The fourth-order valence-corrected chi connectivity index (χ4v) is 7.84. The van der Waals surface area contributed by atoms with Crippen molar-refractivity contribution in [2.45, 2.75) is 76.0 Å². The Kier molecular flexibility index (Phi) is 9.69. The number of amides is 4. The third kappa shape index (κ3) is 7.30. The van der Waals surface area contributed by atoms with Crippen LogP contribution in [0.2, 0.25) is 0 Å². The number of hydrogen-bond acceptors (Lipinski definition) is 7. The van der Waals surface area contributed by atoms with Gasteiger partial charge in [-0.1, -0.05) is 30.7 Å². The van der Waals surface area contributed by atoms with Crippen LogP contribution in [0.4, 0.5) is 15.3 Å². The highest BCUT2D eigenvalue weighted by atomic mass is 16.6. The van der Waals surface area contributed by atoms with Crippen LogP contribution in [0.3, 0.4) is 0 Å². The summed E-state index contributed by atoms with van der Waals surface area (Å²) in [7, 11) is 0. The highest BCUT2D eigenvalue weighted by Crippen LogP contribution is 2.32. The molecule has 3 fully saturated rings. The fraction of sp³-hybridized carbons (Fsp3) is 0.583. The average molecular weight is 646 g/mol. The van der Waals surface area contributed by atoms with Crippen molar-refractivity contribution in [1.29, 1.82) is 0 Å². The molecule has 0 saturated carbocycles. The highest BCUT2D eigenvalue weighted by Gasteiger charge is 2.36. The Morgan fingerprint density at radius 2 is 1.51 bits per heavy atom. The van der Waals surface area contributed by atoms with Crippen LogP contribution >= 0.6 is 0 Å². The lowest BCUT2D eigenvalue weighted by Gasteiger charge is -2.41. The molecule has 5 heterocycles. The molecule has 4 amide bonds. The second-order valence-electron chi connectivity index (χ2n) is 13.5. The van der Waals surface area contributed by atoms with Gasteiger partial charge in [-0.15, -0.1) is 0 Å². The second kappa shape index (κ2) is 14.4.